The first-order valence-electron chi connectivity index (χ1n) is 12.8. The first kappa shape index (κ1) is 26.2. The van der Waals surface area contributed by atoms with Crippen molar-refractivity contribution in [3.63, 3.8) is 0 Å². The molecule has 2 rings (SSSR count). The van der Waals surface area contributed by atoms with E-state index < -0.39 is 21.1 Å². The van der Waals surface area contributed by atoms with E-state index in [2.05, 4.69) is 52.7 Å². The normalized spacial score (nSPS) is 17.4. The molecule has 1 fully saturated rings. The summed E-state index contributed by atoms with van der Waals surface area (Å²) in [5.74, 6) is 2.46. The van der Waals surface area contributed by atoms with Gasteiger partial charge in [-0.05, 0) is 0 Å². The zero-order valence-electron chi connectivity index (χ0n) is 20.8. The molecule has 2 radical (unpaired) electrons. The van der Waals surface area contributed by atoms with Gasteiger partial charge < -0.3 is 0 Å². The molecule has 1 aliphatic heterocycles. The van der Waals surface area contributed by atoms with E-state index in [9.17, 15) is 0 Å². The van der Waals surface area contributed by atoms with Crippen molar-refractivity contribution in [3.05, 3.63) is 12.0 Å². The first-order chi connectivity index (χ1) is 14.3. The number of ether oxygens (including phenoxy) is 1. The number of hydrogen-bond acceptors (Lipinski definition) is 2. The van der Waals surface area contributed by atoms with Crippen molar-refractivity contribution in [3.8, 4) is 0 Å². The fraction of sp³-hybridized carbons (Fsp3) is 0.885. The summed E-state index contributed by atoms with van der Waals surface area (Å²) in [6, 6.07) is 0. The van der Waals surface area contributed by atoms with E-state index in [0.717, 1.165) is 13.2 Å². The molecule has 0 amide bonds. The number of aromatic nitrogens is 2. The average molecular weight is 523 g/mol. The summed E-state index contributed by atoms with van der Waals surface area (Å²) < 4.78 is 7.82. The predicted octanol–water partition coefficient (Wildman–Crippen LogP) is 7.02. The van der Waals surface area contributed by atoms with Crippen LogP contribution in [0.1, 0.15) is 124 Å². The van der Waals surface area contributed by atoms with E-state index in [1.54, 1.807) is 3.71 Å². The van der Waals surface area contributed by atoms with Gasteiger partial charge in [-0.15, -0.1) is 0 Å². The Morgan fingerprint density at radius 2 is 1.53 bits per heavy atom. The van der Waals surface area contributed by atoms with Crippen LogP contribution in [0.15, 0.2) is 6.20 Å². The molecule has 1 saturated heterocycles. The van der Waals surface area contributed by atoms with E-state index in [-0.39, 0.29) is 5.41 Å². The summed E-state index contributed by atoms with van der Waals surface area (Å²) in [6.07, 6.45) is 17.0. The Labute approximate surface area is 197 Å². The molecule has 0 aliphatic carbocycles. The fourth-order valence-corrected chi connectivity index (χ4v) is 10.5. The van der Waals surface area contributed by atoms with E-state index in [1.807, 2.05) is 0 Å². The Morgan fingerprint density at radius 1 is 1.00 bits per heavy atom. The number of aromatic amines is 1. The molecule has 3 nitrogen and oxygen atoms in total. The van der Waals surface area contributed by atoms with E-state index in [0.29, 0.717) is 15.3 Å². The molecule has 0 spiro atoms. The molecule has 1 aliphatic rings. The van der Waals surface area contributed by atoms with Gasteiger partial charge in [0, 0.05) is 0 Å². The summed E-state index contributed by atoms with van der Waals surface area (Å²) in [6.45, 7) is 16.1. The minimum atomic E-state index is -0.741. The van der Waals surface area contributed by atoms with Gasteiger partial charge in [0.2, 0.25) is 0 Å². The molecule has 0 aromatic carbocycles. The van der Waals surface area contributed by atoms with Crippen LogP contribution in [-0.4, -0.2) is 44.3 Å². The summed E-state index contributed by atoms with van der Waals surface area (Å²) in [5.41, 5.74) is 0.228. The van der Waals surface area contributed by atoms with Crippen LogP contribution in [0.3, 0.4) is 0 Å². The van der Waals surface area contributed by atoms with Gasteiger partial charge in [0.05, 0.1) is 0 Å². The number of nitrogens with one attached hydrogen (secondary N) is 1. The van der Waals surface area contributed by atoms with Crippen molar-refractivity contribution in [1.29, 1.82) is 0 Å². The van der Waals surface area contributed by atoms with Crippen molar-refractivity contribution in [2.45, 2.75) is 122 Å². The standard InChI is InChI=1S/C13H21N2O.C13H27.Sn/c1-13(2,3)11(12-14-6-7-15-12)10-4-8-16-9-5-10;1-4-7-10-13(11-8-5-2)12-9-6-3;/h6,10-11H,4-5,8-9H2,1-3H3,(H,14,15);4-12H2,1-3H3;. The molecule has 1 atom stereocenters. The van der Waals surface area contributed by atoms with E-state index in [4.69, 9.17) is 9.72 Å². The Kier molecular flexibility index (Phi) is 11.2. The Balaban J connectivity index is 2.24. The second kappa shape index (κ2) is 12.9. The Bertz CT molecular complexity index is 564. The second-order valence-electron chi connectivity index (χ2n) is 10.7. The molecule has 172 valence electrons. The van der Waals surface area contributed by atoms with Gasteiger partial charge in [0.1, 0.15) is 0 Å². The first-order valence-corrected chi connectivity index (χ1v) is 15.6. The summed E-state index contributed by atoms with van der Waals surface area (Å²) in [7, 11) is 0. The zero-order chi connectivity index (χ0) is 22.0. The van der Waals surface area contributed by atoms with Gasteiger partial charge in [-0.3, -0.25) is 0 Å². The van der Waals surface area contributed by atoms with Gasteiger partial charge >= 0.3 is 198 Å². The molecule has 0 saturated carbocycles. The molecule has 1 aromatic rings. The molecule has 0 bridgehead atoms. The molecule has 1 N–H and O–H groups in total. The monoisotopic (exact) mass is 524 g/mol. The third-order valence-corrected chi connectivity index (χ3v) is 12.1. The molecule has 1 unspecified atom stereocenters. The SMILES string of the molecule is CCCC[C](CCCC)(CCCC)[Sn][c]1cnc(C(C2CCOCC2)C(C)(C)C)[nH]1. The van der Waals surface area contributed by atoms with Crippen molar-refractivity contribution >= 4 is 24.9 Å². The number of imidazole rings is 1. The molecule has 2 heterocycles. The van der Waals surface area contributed by atoms with Gasteiger partial charge in [-0.2, -0.15) is 0 Å². The van der Waals surface area contributed by atoms with E-state index in [1.165, 1.54) is 76.5 Å². The second-order valence-corrected chi connectivity index (χ2v) is 16.0. The number of rotatable bonds is 13. The molecular formula is C26H48N2OSn. The van der Waals surface area contributed by atoms with Gasteiger partial charge in [-0.1, -0.05) is 0 Å². The van der Waals surface area contributed by atoms with Crippen LogP contribution in [0.5, 0.6) is 0 Å². The number of unbranched alkanes of at least 4 members (excludes halogenated alkanes) is 3. The fourth-order valence-electron chi connectivity index (χ4n) is 5.34. The van der Waals surface area contributed by atoms with Crippen LogP contribution in [-0.2, 0) is 4.74 Å². The third kappa shape index (κ3) is 7.83. The predicted molar refractivity (Wildman–Crippen MR) is 131 cm³/mol. The third-order valence-electron chi connectivity index (χ3n) is 6.99. The number of nitrogens with zero attached hydrogens (tertiary/aromatic N) is 1. The van der Waals surface area contributed by atoms with Gasteiger partial charge in [0.25, 0.3) is 0 Å². The quantitative estimate of drug-likeness (QED) is 0.282. The van der Waals surface area contributed by atoms with Crippen molar-refractivity contribution in [2.75, 3.05) is 13.2 Å². The summed E-state index contributed by atoms with van der Waals surface area (Å²) in [4.78, 5) is 8.95. The summed E-state index contributed by atoms with van der Waals surface area (Å²) in [5, 5.41) is 0. The molecule has 4 heteroatoms. The average Bonchev–Trinajstić information content (AvgIpc) is 3.16. The van der Waals surface area contributed by atoms with Gasteiger partial charge in [-0.25, -0.2) is 0 Å². The molecule has 1 aromatic heterocycles. The number of hydrogen-bond donors (Lipinski definition) is 1. The maximum absolute atomic E-state index is 5.66. The summed E-state index contributed by atoms with van der Waals surface area (Å²) >= 11 is -0.741. The molecular weight excluding hydrogens is 475 g/mol. The van der Waals surface area contributed by atoms with Crippen LogP contribution >= 0.6 is 0 Å². The van der Waals surface area contributed by atoms with Crippen molar-refractivity contribution in [1.82, 2.24) is 9.97 Å². The van der Waals surface area contributed by atoms with Gasteiger partial charge in [0.15, 0.2) is 0 Å². The Morgan fingerprint density at radius 3 is 2.00 bits per heavy atom. The maximum atomic E-state index is 5.66. The van der Waals surface area contributed by atoms with Crippen LogP contribution in [0.25, 0.3) is 0 Å². The van der Waals surface area contributed by atoms with E-state index >= 15 is 0 Å². The van der Waals surface area contributed by atoms with Crippen LogP contribution < -0.4 is 3.71 Å². The Hall–Kier alpha value is -0.0313. The van der Waals surface area contributed by atoms with Crippen LogP contribution in [0.4, 0.5) is 0 Å². The number of H-pyrrole nitrogens is 1. The topological polar surface area (TPSA) is 37.9 Å². The molecule has 30 heavy (non-hydrogen) atoms. The van der Waals surface area contributed by atoms with Crippen molar-refractivity contribution in [2.24, 2.45) is 11.3 Å². The minimum absolute atomic E-state index is 0.228. The van der Waals surface area contributed by atoms with Crippen LogP contribution in [0.2, 0.25) is 3.43 Å². The van der Waals surface area contributed by atoms with Crippen molar-refractivity contribution < 1.29 is 4.74 Å². The van der Waals surface area contributed by atoms with Crippen LogP contribution in [0, 0.1) is 11.3 Å². The zero-order valence-corrected chi connectivity index (χ0v) is 23.6.